The number of aromatic nitrogens is 1. The fraction of sp³-hybridized carbons (Fsp3) is 0.571. The fourth-order valence-electron chi connectivity index (χ4n) is 2.67. The normalized spacial score (nSPS) is 11.8. The van der Waals surface area contributed by atoms with Gasteiger partial charge in [-0.2, -0.15) is 0 Å². The zero-order valence-corrected chi connectivity index (χ0v) is 22.2. The van der Waals surface area contributed by atoms with Gasteiger partial charge in [0, 0.05) is 4.88 Å². The molecule has 2 heterocycles. The van der Waals surface area contributed by atoms with Crippen LogP contribution in [0.1, 0.15) is 46.4 Å². The van der Waals surface area contributed by atoms with Crippen LogP contribution < -0.4 is 11.0 Å². The summed E-state index contributed by atoms with van der Waals surface area (Å²) in [4.78, 5) is 28.5. The minimum absolute atomic E-state index is 0.0190. The minimum atomic E-state index is -4.29. The van der Waals surface area contributed by atoms with E-state index in [0.717, 1.165) is 4.88 Å². The lowest BCUT2D eigenvalue weighted by molar-refractivity contribution is -0.0284. The highest BCUT2D eigenvalue weighted by Gasteiger charge is 2.36. The van der Waals surface area contributed by atoms with E-state index in [-0.39, 0.29) is 17.0 Å². The van der Waals surface area contributed by atoms with Crippen molar-refractivity contribution in [3.8, 4) is 11.5 Å². The fourth-order valence-corrected chi connectivity index (χ4v) is 5.10. The van der Waals surface area contributed by atoms with Crippen LogP contribution in [0, 0.1) is 5.92 Å². The predicted molar refractivity (Wildman–Crippen MR) is 127 cm³/mol. The van der Waals surface area contributed by atoms with Crippen LogP contribution in [0.5, 0.6) is 0 Å². The molecule has 0 aliphatic heterocycles. The lowest BCUT2D eigenvalue weighted by Gasteiger charge is -2.18. The van der Waals surface area contributed by atoms with Crippen LogP contribution in [0.15, 0.2) is 16.7 Å². The molecule has 0 aliphatic carbocycles. The molecule has 0 spiro atoms. The molecule has 0 saturated carbocycles. The monoisotopic (exact) mass is 534 g/mol. The third-order valence-corrected chi connectivity index (χ3v) is 6.66. The summed E-state index contributed by atoms with van der Waals surface area (Å²) >= 11 is 1.28. The Morgan fingerprint density at radius 2 is 1.57 bits per heavy atom. The van der Waals surface area contributed by atoms with Crippen LogP contribution in [0.3, 0.4) is 0 Å². The Bertz CT molecular complexity index is 1000. The number of furan rings is 1. The van der Waals surface area contributed by atoms with E-state index >= 15 is 0 Å². The van der Waals surface area contributed by atoms with Crippen LogP contribution in [0.25, 0.3) is 11.5 Å². The van der Waals surface area contributed by atoms with Gasteiger partial charge in [-0.15, -0.1) is 11.3 Å². The number of rotatable bonds is 12. The number of carbonyl (C=O) groups excluding carboxylic acids is 2. The molecule has 2 N–H and O–H groups in total. The molecule has 0 radical (unpaired) electrons. The first-order chi connectivity index (χ1) is 16.4. The Kier molecular flexibility index (Phi) is 10.6. The SMILES string of the molecule is CC(C)Cc1sc(N)nc1-c1occc1P(=O)(OCOC(=O)OC(C)C)OCOC(=O)OC(C)C. The van der Waals surface area contributed by atoms with Gasteiger partial charge in [0.05, 0.1) is 18.5 Å². The summed E-state index contributed by atoms with van der Waals surface area (Å²) in [7, 11) is -4.29. The molecule has 2 aromatic rings. The molecule has 0 saturated heterocycles. The van der Waals surface area contributed by atoms with Crippen molar-refractivity contribution in [1.82, 2.24) is 4.98 Å². The van der Waals surface area contributed by atoms with Gasteiger partial charge in [-0.25, -0.2) is 14.6 Å². The third-order valence-electron chi connectivity index (χ3n) is 3.92. The molecule has 12 nitrogen and oxygen atoms in total. The second-order valence-electron chi connectivity index (χ2n) is 8.17. The highest BCUT2D eigenvalue weighted by Crippen LogP contribution is 2.50. The van der Waals surface area contributed by atoms with Gasteiger partial charge >= 0.3 is 19.9 Å². The van der Waals surface area contributed by atoms with Crippen molar-refractivity contribution in [3.05, 3.63) is 17.2 Å². The van der Waals surface area contributed by atoms with Crippen molar-refractivity contribution in [3.63, 3.8) is 0 Å². The molecule has 0 unspecified atom stereocenters. The standard InChI is InChI=1S/C21H31N2O10PS/c1-12(2)9-16-17(23-19(22)35-16)18-15(7-8-27-18)34(26,30-10-28-20(24)32-13(3)4)31-11-29-21(25)33-14(5)6/h7-8,12-14H,9-11H2,1-6H3,(H2,22,23). The number of nitrogens with zero attached hydrogens (tertiary/aromatic N) is 1. The third kappa shape index (κ3) is 8.84. The number of anilines is 1. The number of nitrogens with two attached hydrogens (primary N) is 1. The highest BCUT2D eigenvalue weighted by molar-refractivity contribution is 7.62. The largest absolute Gasteiger partial charge is 0.510 e. The number of ether oxygens (including phenoxy) is 4. The first-order valence-electron chi connectivity index (χ1n) is 10.8. The zero-order valence-electron chi connectivity index (χ0n) is 20.5. The number of nitrogen functional groups attached to an aromatic ring is 1. The number of carbonyl (C=O) groups is 2. The summed E-state index contributed by atoms with van der Waals surface area (Å²) in [6.07, 6.45) is -0.989. The molecule has 0 aromatic carbocycles. The van der Waals surface area contributed by atoms with E-state index in [1.54, 1.807) is 27.7 Å². The number of hydrogen-bond donors (Lipinski definition) is 1. The Morgan fingerprint density at radius 1 is 1.03 bits per heavy atom. The first-order valence-corrected chi connectivity index (χ1v) is 13.2. The Balaban J connectivity index is 2.30. The van der Waals surface area contributed by atoms with Gasteiger partial charge in [-0.3, -0.25) is 13.6 Å². The number of thiazole rings is 1. The molecule has 0 fully saturated rings. The lowest BCUT2D eigenvalue weighted by Crippen LogP contribution is -2.19. The van der Waals surface area contributed by atoms with Crippen molar-refractivity contribution >= 4 is 41.7 Å². The summed E-state index contributed by atoms with van der Waals surface area (Å²) < 4.78 is 49.4. The molecule has 2 aromatic heterocycles. The van der Waals surface area contributed by atoms with Crippen LogP contribution in [-0.4, -0.2) is 43.1 Å². The van der Waals surface area contributed by atoms with E-state index in [0.29, 0.717) is 17.2 Å². The van der Waals surface area contributed by atoms with Gasteiger partial charge in [-0.1, -0.05) is 13.8 Å². The summed E-state index contributed by atoms with van der Waals surface area (Å²) in [5.41, 5.74) is 6.30. The van der Waals surface area contributed by atoms with Crippen LogP contribution in [0.2, 0.25) is 0 Å². The topological polar surface area (TPSA) is 159 Å². The summed E-state index contributed by atoms with van der Waals surface area (Å²) in [6, 6.07) is 1.36. The molecular weight excluding hydrogens is 503 g/mol. The van der Waals surface area contributed by atoms with Crippen molar-refractivity contribution < 1.29 is 46.6 Å². The van der Waals surface area contributed by atoms with Crippen molar-refractivity contribution in [2.75, 3.05) is 19.3 Å². The summed E-state index contributed by atoms with van der Waals surface area (Å²) in [6.45, 7) is 9.04. The zero-order chi connectivity index (χ0) is 26.2. The summed E-state index contributed by atoms with van der Waals surface area (Å²) in [5.74, 6) is 0.388. The molecular formula is C21H31N2O10PS. The Morgan fingerprint density at radius 3 is 2.06 bits per heavy atom. The van der Waals surface area contributed by atoms with E-state index in [9.17, 15) is 14.2 Å². The molecule has 0 atom stereocenters. The Hall–Kier alpha value is -2.60. The smallest absolute Gasteiger partial charge is 0.462 e. The van der Waals surface area contributed by atoms with Crippen molar-refractivity contribution in [2.45, 2.75) is 60.2 Å². The molecule has 196 valence electrons. The molecule has 14 heteroatoms. The van der Waals surface area contributed by atoms with Crippen LogP contribution >= 0.6 is 18.9 Å². The second kappa shape index (κ2) is 12.9. The molecule has 0 amide bonds. The van der Waals surface area contributed by atoms with Gasteiger partial charge < -0.3 is 29.1 Å². The number of hydrogen-bond acceptors (Lipinski definition) is 13. The van der Waals surface area contributed by atoms with Gasteiger partial charge in [0.15, 0.2) is 10.9 Å². The first kappa shape index (κ1) is 28.6. The highest BCUT2D eigenvalue weighted by atomic mass is 32.1. The maximum absolute atomic E-state index is 13.8. The van der Waals surface area contributed by atoms with Gasteiger partial charge in [-0.05, 0) is 46.1 Å². The van der Waals surface area contributed by atoms with Crippen molar-refractivity contribution in [2.24, 2.45) is 5.92 Å². The van der Waals surface area contributed by atoms with E-state index in [1.165, 1.54) is 23.7 Å². The summed E-state index contributed by atoms with van der Waals surface area (Å²) in [5, 5.41) is 0.281. The average molecular weight is 535 g/mol. The van der Waals surface area contributed by atoms with E-state index < -0.39 is 45.7 Å². The lowest BCUT2D eigenvalue weighted by atomic mass is 10.1. The Labute approximate surface area is 207 Å². The van der Waals surface area contributed by atoms with Gasteiger partial charge in [0.1, 0.15) is 11.0 Å². The van der Waals surface area contributed by atoms with E-state index in [1.807, 2.05) is 13.8 Å². The van der Waals surface area contributed by atoms with E-state index in [2.05, 4.69) is 4.98 Å². The van der Waals surface area contributed by atoms with Gasteiger partial charge in [0.2, 0.25) is 13.6 Å². The minimum Gasteiger partial charge on any atom is -0.462 e. The van der Waals surface area contributed by atoms with Crippen molar-refractivity contribution in [1.29, 1.82) is 0 Å². The molecule has 35 heavy (non-hydrogen) atoms. The molecule has 0 aliphatic rings. The maximum Gasteiger partial charge on any atom is 0.510 e. The molecule has 2 rings (SSSR count). The van der Waals surface area contributed by atoms with Crippen LogP contribution in [-0.2, 0) is 39.0 Å². The van der Waals surface area contributed by atoms with E-state index in [4.69, 9.17) is 38.1 Å². The maximum atomic E-state index is 13.8. The van der Waals surface area contributed by atoms with Gasteiger partial charge in [0.25, 0.3) is 0 Å². The molecule has 0 bridgehead atoms. The average Bonchev–Trinajstić information content (AvgIpc) is 3.33. The quantitative estimate of drug-likeness (QED) is 0.219. The van der Waals surface area contributed by atoms with Crippen LogP contribution in [0.4, 0.5) is 14.7 Å². The predicted octanol–water partition coefficient (Wildman–Crippen LogP) is 5.07. The second-order valence-corrected chi connectivity index (χ2v) is 11.3.